The standard InChI is InChI=1S/C18H24N4O5S/c1-19-18(25)15-6-3-9-22(15)16(23)11-20-17(24)12-4-2-5-14(10-12)28(26,27)21-13-7-8-13/h2,4-5,10,13,15,21H,3,6-9,11H2,1H3,(H,19,25)(H,20,24). The SMILES string of the molecule is CNC(=O)C1CCCN1C(=O)CNC(=O)c1cccc(S(=O)(=O)NC2CC2)c1. The maximum Gasteiger partial charge on any atom is 0.251 e. The molecule has 1 aromatic rings. The van der Waals surface area contributed by atoms with Gasteiger partial charge >= 0.3 is 0 Å². The Kier molecular flexibility index (Phi) is 5.99. The van der Waals surface area contributed by atoms with Crippen LogP contribution in [0.5, 0.6) is 0 Å². The fraction of sp³-hybridized carbons (Fsp3) is 0.500. The van der Waals surface area contributed by atoms with Crippen LogP contribution in [0.15, 0.2) is 29.2 Å². The maximum atomic E-state index is 12.4. The largest absolute Gasteiger partial charge is 0.357 e. The number of likely N-dealkylation sites (N-methyl/N-ethyl adjacent to an activating group) is 1. The van der Waals surface area contributed by atoms with Crippen LogP contribution in [0.25, 0.3) is 0 Å². The molecule has 3 rings (SSSR count). The average Bonchev–Trinajstić information content (AvgIpc) is 3.35. The van der Waals surface area contributed by atoms with Crippen LogP contribution >= 0.6 is 0 Å². The quantitative estimate of drug-likeness (QED) is 0.566. The zero-order valence-electron chi connectivity index (χ0n) is 15.6. The van der Waals surface area contributed by atoms with E-state index < -0.39 is 22.0 Å². The minimum Gasteiger partial charge on any atom is -0.357 e. The third-order valence-corrected chi connectivity index (χ3v) is 6.35. The van der Waals surface area contributed by atoms with Crippen LogP contribution in [-0.4, -0.2) is 63.3 Å². The van der Waals surface area contributed by atoms with Crippen molar-refractivity contribution in [2.24, 2.45) is 0 Å². The van der Waals surface area contributed by atoms with Crippen LogP contribution < -0.4 is 15.4 Å². The topological polar surface area (TPSA) is 125 Å². The van der Waals surface area contributed by atoms with Crippen molar-refractivity contribution >= 4 is 27.7 Å². The second-order valence-electron chi connectivity index (χ2n) is 6.97. The lowest BCUT2D eigenvalue weighted by Gasteiger charge is -2.23. The molecule has 0 aromatic heterocycles. The highest BCUT2D eigenvalue weighted by Crippen LogP contribution is 2.22. The molecule has 9 nitrogen and oxygen atoms in total. The van der Waals surface area contributed by atoms with E-state index in [1.54, 1.807) is 0 Å². The summed E-state index contributed by atoms with van der Waals surface area (Å²) in [6, 6.07) is 5.13. The van der Waals surface area contributed by atoms with Crippen molar-refractivity contribution in [2.45, 2.75) is 42.7 Å². The van der Waals surface area contributed by atoms with Crippen LogP contribution in [0.2, 0.25) is 0 Å². The fourth-order valence-electron chi connectivity index (χ4n) is 3.16. The number of carbonyl (C=O) groups excluding carboxylic acids is 3. The van der Waals surface area contributed by atoms with E-state index in [4.69, 9.17) is 0 Å². The van der Waals surface area contributed by atoms with Crippen LogP contribution in [0.4, 0.5) is 0 Å². The van der Waals surface area contributed by atoms with Crippen LogP contribution in [-0.2, 0) is 19.6 Å². The van der Waals surface area contributed by atoms with E-state index >= 15 is 0 Å². The number of carbonyl (C=O) groups is 3. The molecule has 1 heterocycles. The van der Waals surface area contributed by atoms with Gasteiger partial charge in [-0.2, -0.15) is 0 Å². The summed E-state index contributed by atoms with van der Waals surface area (Å²) in [5.41, 5.74) is 0.149. The lowest BCUT2D eigenvalue weighted by molar-refractivity contribution is -0.137. The van der Waals surface area contributed by atoms with Crippen molar-refractivity contribution in [2.75, 3.05) is 20.1 Å². The molecule has 1 saturated heterocycles. The summed E-state index contributed by atoms with van der Waals surface area (Å²) in [5.74, 6) is -1.12. The molecular formula is C18H24N4O5S. The number of likely N-dealkylation sites (tertiary alicyclic amines) is 1. The Morgan fingerprint density at radius 1 is 1.18 bits per heavy atom. The van der Waals surface area contributed by atoms with E-state index in [2.05, 4.69) is 15.4 Å². The molecule has 2 aliphatic rings. The molecule has 0 spiro atoms. The Morgan fingerprint density at radius 2 is 1.93 bits per heavy atom. The number of sulfonamides is 1. The Hall–Kier alpha value is -2.46. The fourth-order valence-corrected chi connectivity index (χ4v) is 4.51. The molecule has 0 radical (unpaired) electrons. The van der Waals surface area contributed by atoms with Gasteiger partial charge in [-0.05, 0) is 43.9 Å². The zero-order valence-corrected chi connectivity index (χ0v) is 16.4. The summed E-state index contributed by atoms with van der Waals surface area (Å²) in [4.78, 5) is 38.1. The zero-order chi connectivity index (χ0) is 20.3. The number of rotatable bonds is 7. The maximum absolute atomic E-state index is 12.4. The minimum absolute atomic E-state index is 0.0117. The molecule has 10 heteroatoms. The molecule has 3 N–H and O–H groups in total. The molecule has 1 aliphatic carbocycles. The molecule has 1 unspecified atom stereocenters. The highest BCUT2D eigenvalue weighted by Gasteiger charge is 2.33. The Morgan fingerprint density at radius 3 is 2.61 bits per heavy atom. The first kappa shape index (κ1) is 20.3. The van der Waals surface area contributed by atoms with E-state index in [-0.39, 0.29) is 34.9 Å². The number of hydrogen-bond donors (Lipinski definition) is 3. The van der Waals surface area contributed by atoms with E-state index in [0.29, 0.717) is 13.0 Å². The summed E-state index contributed by atoms with van der Waals surface area (Å²) in [5, 5.41) is 5.05. The molecule has 1 atom stereocenters. The minimum atomic E-state index is -3.67. The second kappa shape index (κ2) is 8.27. The van der Waals surface area contributed by atoms with Crippen LogP contribution in [0.1, 0.15) is 36.0 Å². The molecule has 28 heavy (non-hydrogen) atoms. The molecule has 1 aliphatic heterocycles. The first-order valence-corrected chi connectivity index (χ1v) is 10.7. The molecule has 152 valence electrons. The molecule has 2 fully saturated rings. The van der Waals surface area contributed by atoms with E-state index in [0.717, 1.165) is 19.3 Å². The first-order valence-electron chi connectivity index (χ1n) is 9.23. The van der Waals surface area contributed by atoms with Crippen molar-refractivity contribution in [3.63, 3.8) is 0 Å². The van der Waals surface area contributed by atoms with Gasteiger partial charge in [-0.25, -0.2) is 13.1 Å². The predicted molar refractivity (Wildman–Crippen MR) is 101 cm³/mol. The summed E-state index contributed by atoms with van der Waals surface area (Å²) in [6.45, 7) is 0.205. The van der Waals surface area contributed by atoms with Crippen molar-refractivity contribution in [3.05, 3.63) is 29.8 Å². The van der Waals surface area contributed by atoms with Crippen LogP contribution in [0.3, 0.4) is 0 Å². The van der Waals surface area contributed by atoms with Crippen molar-refractivity contribution < 1.29 is 22.8 Å². The lowest BCUT2D eigenvalue weighted by atomic mass is 10.2. The van der Waals surface area contributed by atoms with Crippen molar-refractivity contribution in [3.8, 4) is 0 Å². The Balaban J connectivity index is 1.61. The van der Waals surface area contributed by atoms with Crippen LogP contribution in [0, 0.1) is 0 Å². The monoisotopic (exact) mass is 408 g/mol. The van der Waals surface area contributed by atoms with Gasteiger partial charge in [0.15, 0.2) is 0 Å². The average molecular weight is 408 g/mol. The Bertz CT molecular complexity index is 882. The highest BCUT2D eigenvalue weighted by molar-refractivity contribution is 7.89. The summed E-state index contributed by atoms with van der Waals surface area (Å²) >= 11 is 0. The third-order valence-electron chi connectivity index (χ3n) is 4.83. The van der Waals surface area contributed by atoms with E-state index in [9.17, 15) is 22.8 Å². The summed E-state index contributed by atoms with van der Waals surface area (Å²) in [7, 11) is -2.15. The highest BCUT2D eigenvalue weighted by atomic mass is 32.2. The normalized spacial score (nSPS) is 19.3. The van der Waals surface area contributed by atoms with E-state index in [1.807, 2.05) is 0 Å². The van der Waals surface area contributed by atoms with Gasteiger partial charge in [-0.3, -0.25) is 14.4 Å². The summed E-state index contributed by atoms with van der Waals surface area (Å²) in [6.07, 6.45) is 2.95. The first-order chi connectivity index (χ1) is 13.3. The van der Waals surface area contributed by atoms with Gasteiger partial charge in [0, 0.05) is 25.2 Å². The van der Waals surface area contributed by atoms with Crippen molar-refractivity contribution in [1.29, 1.82) is 0 Å². The van der Waals surface area contributed by atoms with Gasteiger partial charge in [0.05, 0.1) is 11.4 Å². The summed E-state index contributed by atoms with van der Waals surface area (Å²) < 4.78 is 27.1. The van der Waals surface area contributed by atoms with Gasteiger partial charge in [-0.15, -0.1) is 0 Å². The number of hydrogen-bond acceptors (Lipinski definition) is 5. The van der Waals surface area contributed by atoms with Crippen molar-refractivity contribution in [1.82, 2.24) is 20.3 Å². The molecule has 1 aromatic carbocycles. The number of nitrogens with one attached hydrogen (secondary N) is 3. The molecule has 1 saturated carbocycles. The smallest absolute Gasteiger partial charge is 0.251 e. The predicted octanol–water partition coefficient (Wildman–Crippen LogP) is -0.406. The number of nitrogens with zero attached hydrogens (tertiary/aromatic N) is 1. The van der Waals surface area contributed by atoms with E-state index in [1.165, 1.54) is 36.2 Å². The molecule has 0 bridgehead atoms. The van der Waals surface area contributed by atoms with Gasteiger partial charge < -0.3 is 15.5 Å². The van der Waals surface area contributed by atoms with Gasteiger partial charge in [0.25, 0.3) is 5.91 Å². The number of amides is 3. The van der Waals surface area contributed by atoms with Gasteiger partial charge in [-0.1, -0.05) is 6.07 Å². The van der Waals surface area contributed by atoms with Gasteiger partial charge in [0.1, 0.15) is 6.04 Å². The molecule has 3 amide bonds. The van der Waals surface area contributed by atoms with Gasteiger partial charge in [0.2, 0.25) is 21.8 Å². The second-order valence-corrected chi connectivity index (χ2v) is 8.68. The Labute approximate surface area is 163 Å². The number of benzene rings is 1. The molecular weight excluding hydrogens is 384 g/mol. The third kappa shape index (κ3) is 4.68. The lowest BCUT2D eigenvalue weighted by Crippen LogP contribution is -2.48.